The monoisotopic (exact) mass is 478 g/mol. The molecule has 0 amide bonds. The first-order valence-electron chi connectivity index (χ1n) is 13.2. The van der Waals surface area contributed by atoms with E-state index in [0.29, 0.717) is 0 Å². The van der Waals surface area contributed by atoms with Crippen molar-refractivity contribution in [3.63, 3.8) is 0 Å². The van der Waals surface area contributed by atoms with Gasteiger partial charge in [0.05, 0.1) is 16.8 Å². The smallest absolute Gasteiger partial charge is 0.426 e. The van der Waals surface area contributed by atoms with E-state index in [1.54, 1.807) is 0 Å². The van der Waals surface area contributed by atoms with E-state index in [1.165, 1.54) is 37.8 Å². The van der Waals surface area contributed by atoms with Crippen LogP contribution in [0.25, 0.3) is 32.3 Å². The molecule has 2 saturated heterocycles. The van der Waals surface area contributed by atoms with Gasteiger partial charge in [-0.1, -0.05) is 74.5 Å². The number of hydrogen-bond donors (Lipinski definition) is 0. The van der Waals surface area contributed by atoms with Crippen molar-refractivity contribution in [3.05, 3.63) is 60.7 Å². The fourth-order valence-corrected chi connectivity index (χ4v) is 5.88. The minimum absolute atomic E-state index is 0.0610. The van der Waals surface area contributed by atoms with Crippen LogP contribution < -0.4 is 10.9 Å². The van der Waals surface area contributed by atoms with Gasteiger partial charge in [-0.05, 0) is 96.5 Å². The van der Waals surface area contributed by atoms with Crippen molar-refractivity contribution in [3.8, 4) is 0 Å². The molecule has 36 heavy (non-hydrogen) atoms. The highest BCUT2D eigenvalue weighted by atomic mass is 16.7. The summed E-state index contributed by atoms with van der Waals surface area (Å²) in [6.07, 6.45) is 0.999. The van der Waals surface area contributed by atoms with Gasteiger partial charge in [0.1, 0.15) is 0 Å². The molecule has 3 nitrogen and oxygen atoms in total. The first-order valence-corrected chi connectivity index (χ1v) is 13.2. The summed E-state index contributed by atoms with van der Waals surface area (Å²) in [6, 6.07) is 22.1. The first kappa shape index (κ1) is 24.0. The Morgan fingerprint density at radius 2 is 0.972 bits per heavy atom. The van der Waals surface area contributed by atoms with Crippen molar-refractivity contribution in [1.82, 2.24) is 0 Å². The van der Waals surface area contributed by atoms with E-state index in [-0.39, 0.29) is 29.1 Å². The normalized spacial score (nSPS) is 22.2. The zero-order chi connectivity index (χ0) is 25.7. The third-order valence-corrected chi connectivity index (χ3v) is 9.56. The lowest BCUT2D eigenvalue weighted by atomic mass is 9.53. The maximum absolute atomic E-state index is 6.73. The van der Waals surface area contributed by atoms with Crippen LogP contribution in [0.4, 0.5) is 0 Å². The van der Waals surface area contributed by atoms with Crippen molar-refractivity contribution >= 4 is 57.3 Å². The molecule has 2 heterocycles. The Morgan fingerprint density at radius 3 is 1.44 bits per heavy atom. The quantitative estimate of drug-likeness (QED) is 0.244. The third kappa shape index (κ3) is 3.40. The molecule has 0 aromatic heterocycles. The van der Waals surface area contributed by atoms with Gasteiger partial charge in [0.25, 0.3) is 0 Å². The highest BCUT2D eigenvalue weighted by Gasteiger charge is 2.52. The van der Waals surface area contributed by atoms with Gasteiger partial charge < -0.3 is 14.0 Å². The Hall–Kier alpha value is -2.33. The molecule has 0 spiro atoms. The van der Waals surface area contributed by atoms with E-state index in [9.17, 15) is 0 Å². The second-order valence-electron chi connectivity index (χ2n) is 12.9. The molecule has 6 rings (SSSR count). The second kappa shape index (κ2) is 7.60. The molecule has 0 atom stereocenters. The van der Waals surface area contributed by atoms with E-state index in [0.717, 1.165) is 11.8 Å². The van der Waals surface area contributed by atoms with Crippen LogP contribution in [-0.4, -0.2) is 30.8 Å². The van der Waals surface area contributed by atoms with Crippen LogP contribution in [-0.2, 0) is 14.0 Å². The molecule has 5 heteroatoms. The molecule has 4 aromatic rings. The highest BCUT2D eigenvalue weighted by Crippen LogP contribution is 2.46. The minimum Gasteiger partial charge on any atom is -0.426 e. The maximum atomic E-state index is 6.73. The molecular weight excluding hydrogens is 442 g/mol. The summed E-state index contributed by atoms with van der Waals surface area (Å²) in [6.45, 7) is 17.6. The molecule has 0 aliphatic carbocycles. The summed E-state index contributed by atoms with van der Waals surface area (Å²) in [5.41, 5.74) is 1.50. The van der Waals surface area contributed by atoms with Crippen LogP contribution >= 0.6 is 0 Å². The summed E-state index contributed by atoms with van der Waals surface area (Å²) in [5, 5.41) is 7.40. The van der Waals surface area contributed by atoms with Crippen molar-refractivity contribution in [2.45, 2.75) is 78.5 Å². The zero-order valence-corrected chi connectivity index (χ0v) is 22.9. The van der Waals surface area contributed by atoms with Gasteiger partial charge in [-0.15, -0.1) is 0 Å². The number of hydrogen-bond acceptors (Lipinski definition) is 3. The van der Waals surface area contributed by atoms with Crippen LogP contribution in [0.5, 0.6) is 0 Å². The predicted molar refractivity (Wildman–Crippen MR) is 154 cm³/mol. The Bertz CT molecular complexity index is 1370. The number of benzene rings is 4. The van der Waals surface area contributed by atoms with E-state index in [2.05, 4.69) is 116 Å². The Kier molecular flexibility index (Phi) is 5.07. The van der Waals surface area contributed by atoms with Gasteiger partial charge in [0, 0.05) is 0 Å². The lowest BCUT2D eigenvalue weighted by Crippen LogP contribution is -2.41. The van der Waals surface area contributed by atoms with Gasteiger partial charge in [0.2, 0.25) is 0 Å². The lowest BCUT2D eigenvalue weighted by Gasteiger charge is -2.34. The summed E-state index contributed by atoms with van der Waals surface area (Å²) >= 11 is 0. The van der Waals surface area contributed by atoms with Crippen molar-refractivity contribution in [2.24, 2.45) is 5.41 Å². The van der Waals surface area contributed by atoms with Gasteiger partial charge >= 0.3 is 14.0 Å². The molecule has 2 aliphatic rings. The average molecular weight is 478 g/mol. The Morgan fingerprint density at radius 1 is 0.528 bits per heavy atom. The van der Waals surface area contributed by atoms with Crippen LogP contribution in [0, 0.1) is 5.41 Å². The van der Waals surface area contributed by atoms with Crippen molar-refractivity contribution in [1.29, 1.82) is 0 Å². The SMILES string of the molecule is CC1(C)CB(c2cc3c4ccccc4c(B4OC(C)(C)C(C)(C)O4)cc3c3ccccc23)OC1(C)C. The molecule has 0 saturated carbocycles. The van der Waals surface area contributed by atoms with E-state index >= 15 is 0 Å². The van der Waals surface area contributed by atoms with E-state index in [4.69, 9.17) is 14.0 Å². The maximum Gasteiger partial charge on any atom is 0.495 e. The third-order valence-electron chi connectivity index (χ3n) is 9.56. The van der Waals surface area contributed by atoms with Gasteiger partial charge in [-0.25, -0.2) is 0 Å². The molecule has 0 bridgehead atoms. The molecule has 0 radical (unpaired) electrons. The van der Waals surface area contributed by atoms with E-state index in [1.807, 2.05) is 0 Å². The van der Waals surface area contributed by atoms with Crippen molar-refractivity contribution in [2.75, 3.05) is 0 Å². The van der Waals surface area contributed by atoms with E-state index < -0.39 is 7.12 Å². The van der Waals surface area contributed by atoms with Gasteiger partial charge in [0.15, 0.2) is 0 Å². The Balaban J connectivity index is 1.63. The summed E-state index contributed by atoms with van der Waals surface area (Å²) < 4.78 is 19.8. The molecule has 4 aromatic carbocycles. The zero-order valence-electron chi connectivity index (χ0n) is 22.9. The summed E-state index contributed by atoms with van der Waals surface area (Å²) in [5.74, 6) is 0. The molecule has 184 valence electrons. The van der Waals surface area contributed by atoms with Crippen LogP contribution in [0.2, 0.25) is 6.32 Å². The molecule has 2 fully saturated rings. The van der Waals surface area contributed by atoms with Gasteiger partial charge in [-0.3, -0.25) is 0 Å². The molecular formula is C31H36B2O3. The van der Waals surface area contributed by atoms with Gasteiger partial charge in [-0.2, -0.15) is 0 Å². The minimum atomic E-state index is -0.414. The fraction of sp³-hybridized carbons (Fsp3) is 0.419. The molecule has 2 aliphatic heterocycles. The standard InChI is InChI=1S/C31H36B2O3/c1-28(2)19-32(34-29(28,3)4)26-17-24-21-14-10-12-16-23(21)27(33-35-30(5,6)31(7,8)36-33)18-25(24)20-13-9-11-15-22(20)26/h9-18H,19H2,1-8H3. The lowest BCUT2D eigenvalue weighted by molar-refractivity contribution is 0.00578. The summed E-state index contributed by atoms with van der Waals surface area (Å²) in [7, 11) is -0.414. The predicted octanol–water partition coefficient (Wildman–Crippen LogP) is 6.48. The number of fused-ring (bicyclic) bond motifs is 5. The Labute approximate surface area is 215 Å². The number of rotatable bonds is 2. The van der Waals surface area contributed by atoms with Crippen molar-refractivity contribution < 1.29 is 14.0 Å². The van der Waals surface area contributed by atoms with Crippen LogP contribution in [0.15, 0.2) is 60.7 Å². The second-order valence-corrected chi connectivity index (χ2v) is 12.9. The largest absolute Gasteiger partial charge is 0.495 e. The topological polar surface area (TPSA) is 27.7 Å². The average Bonchev–Trinajstić information content (AvgIpc) is 3.17. The summed E-state index contributed by atoms with van der Waals surface area (Å²) in [4.78, 5) is 0. The fourth-order valence-electron chi connectivity index (χ4n) is 5.88. The van der Waals surface area contributed by atoms with Crippen LogP contribution in [0.1, 0.15) is 55.4 Å². The first-order chi connectivity index (χ1) is 16.8. The van der Waals surface area contributed by atoms with Crippen LogP contribution in [0.3, 0.4) is 0 Å². The molecule has 0 N–H and O–H groups in total. The molecule has 0 unspecified atom stereocenters. The highest BCUT2D eigenvalue weighted by molar-refractivity contribution is 6.72.